The predicted octanol–water partition coefficient (Wildman–Crippen LogP) is 1.02. The summed E-state index contributed by atoms with van der Waals surface area (Å²) in [6, 6.07) is 12.4. The van der Waals surface area contributed by atoms with Crippen molar-refractivity contribution in [2.24, 2.45) is 0 Å². The maximum absolute atomic E-state index is 11.5. The van der Waals surface area contributed by atoms with E-state index in [0.717, 1.165) is 10.8 Å². The second-order valence-electron chi connectivity index (χ2n) is 3.26. The van der Waals surface area contributed by atoms with Gasteiger partial charge in [-0.15, -0.1) is 0 Å². The summed E-state index contributed by atoms with van der Waals surface area (Å²) in [5.74, 6) is -0.758. The van der Waals surface area contributed by atoms with Crippen LogP contribution in [0, 0.1) is 0 Å². The van der Waals surface area contributed by atoms with Crippen molar-refractivity contribution >= 4 is 34.0 Å². The molecule has 0 spiro atoms. The molecule has 0 radical (unpaired) electrons. The molecule has 0 amide bonds. The van der Waals surface area contributed by atoms with E-state index in [9.17, 15) is 4.79 Å². The molecule has 0 saturated carbocycles. The zero-order chi connectivity index (χ0) is 11.5. The molecule has 2 aromatic carbocycles. The average Bonchev–Trinajstić information content (AvgIpc) is 2.27. The molecule has 1 atom stereocenters. The van der Waals surface area contributed by atoms with Gasteiger partial charge in [-0.05, 0) is 16.8 Å². The van der Waals surface area contributed by atoms with Gasteiger partial charge in [-0.25, -0.2) is 4.79 Å². The molecule has 0 bridgehead atoms. The zero-order valence-electron chi connectivity index (χ0n) is 9.04. The zero-order valence-corrected chi connectivity index (χ0v) is 10.5. The highest BCUT2D eigenvalue weighted by molar-refractivity contribution is 6.92. The molecule has 88 valence electrons. The monoisotopic (exact) mass is 250 g/mol. The molecule has 2 N–H and O–H groups in total. The maximum Gasteiger partial charge on any atom is 0.709 e. The number of hydrogen-bond acceptors (Lipinski definition) is 4. The summed E-state index contributed by atoms with van der Waals surface area (Å²) in [6.07, 6.45) is 0. The molecule has 0 heterocycles. The number of hydrogen-bond donors (Lipinski definition) is 2. The van der Waals surface area contributed by atoms with Crippen molar-refractivity contribution in [1.29, 1.82) is 0 Å². The van der Waals surface area contributed by atoms with Crippen molar-refractivity contribution in [1.82, 2.24) is 0 Å². The topological polar surface area (TPSA) is 66.8 Å². The van der Waals surface area contributed by atoms with E-state index in [1.165, 1.54) is 0 Å². The molecule has 0 aromatic heterocycles. The second kappa shape index (κ2) is 5.78. The van der Waals surface area contributed by atoms with Gasteiger partial charge in [0, 0.05) is 0 Å². The van der Waals surface area contributed by atoms with Crippen molar-refractivity contribution < 1.29 is 19.5 Å². The van der Waals surface area contributed by atoms with E-state index in [4.69, 9.17) is 10.0 Å². The van der Waals surface area contributed by atoms with Gasteiger partial charge >= 0.3 is 13.3 Å². The normalized spacial score (nSPS) is 9.53. The van der Waals surface area contributed by atoms with Gasteiger partial charge in [0.1, 0.15) is 0 Å². The molecule has 2 aromatic rings. The van der Waals surface area contributed by atoms with Crippen LogP contribution in [0.25, 0.3) is 10.8 Å². The van der Waals surface area contributed by atoms with Crippen molar-refractivity contribution in [3.05, 3.63) is 48.0 Å². The van der Waals surface area contributed by atoms with Gasteiger partial charge in [0.2, 0.25) is 0 Å². The summed E-state index contributed by atoms with van der Waals surface area (Å²) < 4.78 is 4.32. The number of fused-ring (bicyclic) bond motifs is 1. The largest absolute Gasteiger partial charge is 0.709 e. The van der Waals surface area contributed by atoms with E-state index < -0.39 is 13.3 Å². The number of carbonyl (C=O) groups is 1. The highest BCUT2D eigenvalue weighted by Crippen LogP contribution is 2.19. The summed E-state index contributed by atoms with van der Waals surface area (Å²) >= 11 is 0. The fraction of sp³-hybridized carbons (Fsp3) is 0. The second-order valence-corrected chi connectivity index (χ2v) is 3.26. The molecule has 0 aliphatic rings. The Kier molecular flexibility index (Phi) is 4.64. The van der Waals surface area contributed by atoms with Crippen molar-refractivity contribution in [2.45, 2.75) is 0 Å². The lowest BCUT2D eigenvalue weighted by Crippen LogP contribution is -2.22. The first kappa shape index (κ1) is 13.6. The minimum Gasteiger partial charge on any atom is -0.481 e. The first-order valence-electron chi connectivity index (χ1n) is 4.73. The van der Waals surface area contributed by atoms with Gasteiger partial charge in [-0.1, -0.05) is 36.4 Å². The minimum atomic E-state index is -2.09. The minimum absolute atomic E-state index is 0. The van der Waals surface area contributed by atoms with Crippen LogP contribution in [0.2, 0.25) is 0 Å². The lowest BCUT2D eigenvalue weighted by Gasteiger charge is -2.06. The fourth-order valence-corrected chi connectivity index (χ4v) is 1.56. The third-order valence-corrected chi connectivity index (χ3v) is 2.22. The van der Waals surface area contributed by atoms with Crippen LogP contribution in [0.3, 0.4) is 0 Å². The Morgan fingerprint density at radius 3 is 2.41 bits per heavy atom. The molecule has 0 aliphatic carbocycles. The molecule has 17 heavy (non-hydrogen) atoms. The van der Waals surface area contributed by atoms with E-state index in [1.807, 2.05) is 18.2 Å². The summed E-state index contributed by atoms with van der Waals surface area (Å²) in [7, 11) is -2.09. The van der Waals surface area contributed by atoms with E-state index in [1.54, 1.807) is 24.3 Å². The first-order valence-corrected chi connectivity index (χ1v) is 4.73. The quantitative estimate of drug-likeness (QED) is 0.616. The predicted molar refractivity (Wildman–Crippen MR) is 70.7 cm³/mol. The highest BCUT2D eigenvalue weighted by Gasteiger charge is 2.18. The molecule has 1 unspecified atom stereocenters. The van der Waals surface area contributed by atoms with Crippen LogP contribution >= 0.6 is 9.90 Å². The summed E-state index contributed by atoms with van der Waals surface area (Å²) in [4.78, 5) is 11.5. The van der Waals surface area contributed by atoms with Crippen LogP contribution in [0.15, 0.2) is 42.5 Å². The average molecular weight is 250 g/mol. The van der Waals surface area contributed by atoms with Crippen LogP contribution in [0.1, 0.15) is 10.4 Å². The van der Waals surface area contributed by atoms with Crippen LogP contribution in [-0.2, 0) is 4.65 Å². The van der Waals surface area contributed by atoms with Gasteiger partial charge in [0.25, 0.3) is 0 Å². The van der Waals surface area contributed by atoms with Gasteiger partial charge < -0.3 is 14.7 Å². The van der Waals surface area contributed by atoms with E-state index in [-0.39, 0.29) is 9.90 Å². The lowest BCUT2D eigenvalue weighted by molar-refractivity contribution is 0.0650. The SMILES string of the molecule is O=C(OB(O)O)c1cccc2ccccc12.P. The summed E-state index contributed by atoms with van der Waals surface area (Å²) in [6.45, 7) is 0. The van der Waals surface area contributed by atoms with Crippen LogP contribution in [0.4, 0.5) is 0 Å². The Labute approximate surface area is 102 Å². The molecule has 4 nitrogen and oxygen atoms in total. The van der Waals surface area contributed by atoms with Gasteiger partial charge in [0.05, 0.1) is 5.56 Å². The lowest BCUT2D eigenvalue weighted by atomic mass is 10.0. The van der Waals surface area contributed by atoms with Crippen molar-refractivity contribution in [2.75, 3.05) is 0 Å². The van der Waals surface area contributed by atoms with Crippen LogP contribution < -0.4 is 0 Å². The molecule has 0 fully saturated rings. The Bertz CT molecular complexity index is 524. The Morgan fingerprint density at radius 2 is 1.71 bits per heavy atom. The Morgan fingerprint density at radius 1 is 1.06 bits per heavy atom. The van der Waals surface area contributed by atoms with Gasteiger partial charge in [-0.2, -0.15) is 9.90 Å². The number of carbonyl (C=O) groups excluding carboxylic acids is 1. The van der Waals surface area contributed by atoms with Crippen molar-refractivity contribution in [3.63, 3.8) is 0 Å². The van der Waals surface area contributed by atoms with Crippen molar-refractivity contribution in [3.8, 4) is 0 Å². The van der Waals surface area contributed by atoms with Gasteiger partial charge in [0.15, 0.2) is 0 Å². The molecule has 2 rings (SSSR count). The van der Waals surface area contributed by atoms with E-state index in [0.29, 0.717) is 5.56 Å². The molecule has 0 aliphatic heterocycles. The first-order chi connectivity index (χ1) is 7.68. The highest BCUT2D eigenvalue weighted by atomic mass is 31.0. The Balaban J connectivity index is 0.00000144. The number of benzene rings is 2. The number of rotatable bonds is 2. The Hall–Kier alpha value is -1.42. The molecule has 0 saturated heterocycles. The summed E-state index contributed by atoms with van der Waals surface area (Å²) in [5.41, 5.74) is 0.311. The maximum atomic E-state index is 11.5. The van der Waals surface area contributed by atoms with Gasteiger partial charge in [-0.3, -0.25) is 0 Å². The molecular formula is C11H12BO4P. The molecule has 6 heteroatoms. The summed E-state index contributed by atoms with van der Waals surface area (Å²) in [5, 5.41) is 18.7. The smallest absolute Gasteiger partial charge is 0.481 e. The fourth-order valence-electron chi connectivity index (χ4n) is 1.56. The third kappa shape index (κ3) is 3.04. The molecular weight excluding hydrogens is 238 g/mol. The van der Waals surface area contributed by atoms with E-state index >= 15 is 0 Å². The van der Waals surface area contributed by atoms with Crippen LogP contribution in [0.5, 0.6) is 0 Å². The standard InChI is InChI=1S/C11H9BO4.H3P/c13-11(16-12(14)15)10-7-3-5-8-4-1-2-6-9(8)10;/h1-7,14-15H;1H3. The van der Waals surface area contributed by atoms with E-state index in [2.05, 4.69) is 4.65 Å². The van der Waals surface area contributed by atoms with Crippen LogP contribution in [-0.4, -0.2) is 23.3 Å². The third-order valence-electron chi connectivity index (χ3n) is 2.22.